The highest BCUT2D eigenvalue weighted by molar-refractivity contribution is 14.1. The van der Waals surface area contributed by atoms with Gasteiger partial charge in [0.25, 0.3) is 5.91 Å². The monoisotopic (exact) mass is 348 g/mol. The van der Waals surface area contributed by atoms with Gasteiger partial charge in [0, 0.05) is 9.13 Å². The topological polar surface area (TPSA) is 41.8 Å². The van der Waals surface area contributed by atoms with Gasteiger partial charge in [-0.25, -0.2) is 0 Å². The van der Waals surface area contributed by atoms with Gasteiger partial charge in [0.2, 0.25) is 0 Å². The van der Waals surface area contributed by atoms with Gasteiger partial charge in [-0.1, -0.05) is 36.4 Å². The van der Waals surface area contributed by atoms with E-state index in [1.54, 1.807) is 6.07 Å². The van der Waals surface area contributed by atoms with E-state index in [1.165, 1.54) is 0 Å². The van der Waals surface area contributed by atoms with Crippen molar-refractivity contribution in [3.05, 3.63) is 68.8 Å². The van der Waals surface area contributed by atoms with E-state index in [0.29, 0.717) is 5.56 Å². The molecule has 0 fully saturated rings. The molecule has 2 aromatic carbocycles. The minimum absolute atomic E-state index is 0.174. The summed E-state index contributed by atoms with van der Waals surface area (Å²) in [6.07, 6.45) is 0. The molecule has 0 radical (unpaired) electrons. The van der Waals surface area contributed by atoms with Crippen LogP contribution >= 0.6 is 22.6 Å². The van der Waals surface area contributed by atoms with Crippen molar-refractivity contribution in [1.82, 2.24) is 0 Å². The van der Waals surface area contributed by atoms with Crippen molar-refractivity contribution in [2.75, 3.05) is 0 Å². The molecule has 88 valence electrons. The standard InChI is InChI=1S/C14H9IN2O/c15-12-8-4-3-7-11(12)13-9-5-1-2-6-10(9)14(18)17-16-13/h1-8,13H. The van der Waals surface area contributed by atoms with Crippen LogP contribution in [0.15, 0.2) is 58.8 Å². The molecular formula is C14H9IN2O. The average Bonchev–Trinajstić information content (AvgIpc) is 2.41. The molecule has 1 heterocycles. The fraction of sp³-hybridized carbons (Fsp3) is 0.0714. The van der Waals surface area contributed by atoms with Gasteiger partial charge in [-0.3, -0.25) is 4.79 Å². The van der Waals surface area contributed by atoms with Crippen LogP contribution in [0.5, 0.6) is 0 Å². The number of hydrogen-bond donors (Lipinski definition) is 0. The second-order valence-electron chi connectivity index (χ2n) is 4.03. The number of carbonyl (C=O) groups is 1. The summed E-state index contributed by atoms with van der Waals surface area (Å²) < 4.78 is 1.13. The zero-order valence-electron chi connectivity index (χ0n) is 9.38. The third-order valence-electron chi connectivity index (χ3n) is 2.95. The van der Waals surface area contributed by atoms with Crippen LogP contribution < -0.4 is 0 Å². The van der Waals surface area contributed by atoms with Crippen LogP contribution in [0.4, 0.5) is 0 Å². The summed E-state index contributed by atoms with van der Waals surface area (Å²) in [7, 11) is 0. The molecule has 0 saturated carbocycles. The van der Waals surface area contributed by atoms with Gasteiger partial charge in [-0.2, -0.15) is 5.11 Å². The fourth-order valence-electron chi connectivity index (χ4n) is 2.08. The zero-order valence-corrected chi connectivity index (χ0v) is 11.5. The molecule has 3 nitrogen and oxygen atoms in total. The molecule has 1 unspecified atom stereocenters. The third kappa shape index (κ3) is 1.86. The average molecular weight is 348 g/mol. The Bertz CT molecular complexity index is 652. The molecule has 1 aliphatic heterocycles. The molecule has 0 aromatic heterocycles. The highest BCUT2D eigenvalue weighted by Crippen LogP contribution is 2.34. The van der Waals surface area contributed by atoms with Crippen LogP contribution in [-0.2, 0) is 0 Å². The summed E-state index contributed by atoms with van der Waals surface area (Å²) in [5.41, 5.74) is 2.67. The maximum Gasteiger partial charge on any atom is 0.295 e. The maximum atomic E-state index is 11.7. The van der Waals surface area contributed by atoms with Crippen LogP contribution in [0.1, 0.15) is 27.5 Å². The van der Waals surface area contributed by atoms with E-state index in [-0.39, 0.29) is 11.9 Å². The lowest BCUT2D eigenvalue weighted by Gasteiger charge is -2.19. The molecule has 0 N–H and O–H groups in total. The SMILES string of the molecule is O=C1N=NC(c2ccccc2I)c2ccccc21. The Balaban J connectivity index is 2.18. The van der Waals surface area contributed by atoms with Crippen molar-refractivity contribution >= 4 is 28.5 Å². The van der Waals surface area contributed by atoms with Crippen molar-refractivity contribution in [1.29, 1.82) is 0 Å². The van der Waals surface area contributed by atoms with Crippen molar-refractivity contribution in [3.63, 3.8) is 0 Å². The van der Waals surface area contributed by atoms with Crippen LogP contribution in [-0.4, -0.2) is 5.91 Å². The van der Waals surface area contributed by atoms with Crippen LogP contribution in [0.3, 0.4) is 0 Å². The first-order valence-electron chi connectivity index (χ1n) is 5.56. The zero-order chi connectivity index (χ0) is 12.5. The highest BCUT2D eigenvalue weighted by atomic mass is 127. The second kappa shape index (κ2) is 4.61. The van der Waals surface area contributed by atoms with E-state index in [9.17, 15) is 4.79 Å². The third-order valence-corrected chi connectivity index (χ3v) is 3.93. The number of nitrogens with zero attached hydrogens (tertiary/aromatic N) is 2. The van der Waals surface area contributed by atoms with Crippen molar-refractivity contribution in [2.45, 2.75) is 6.04 Å². The molecular weight excluding hydrogens is 339 g/mol. The Hall–Kier alpha value is -1.56. The number of azo groups is 1. The normalized spacial score (nSPS) is 17.6. The van der Waals surface area contributed by atoms with Gasteiger partial charge in [0.1, 0.15) is 6.04 Å². The number of benzene rings is 2. The summed E-state index contributed by atoms with van der Waals surface area (Å²) in [5.74, 6) is -0.257. The van der Waals surface area contributed by atoms with Gasteiger partial charge in [0.05, 0.1) is 0 Å². The number of fused-ring (bicyclic) bond motifs is 1. The van der Waals surface area contributed by atoms with Crippen molar-refractivity contribution < 1.29 is 4.79 Å². The molecule has 4 heteroatoms. The lowest BCUT2D eigenvalue weighted by atomic mass is 9.94. The minimum Gasteiger partial charge on any atom is -0.265 e. The molecule has 0 saturated heterocycles. The molecule has 3 rings (SSSR count). The first-order chi connectivity index (χ1) is 8.77. The molecule has 2 aromatic rings. The van der Waals surface area contributed by atoms with Gasteiger partial charge in [0.15, 0.2) is 0 Å². The lowest BCUT2D eigenvalue weighted by molar-refractivity contribution is 0.0986. The molecule has 1 amide bonds. The van der Waals surface area contributed by atoms with E-state index in [4.69, 9.17) is 0 Å². The summed E-state index contributed by atoms with van der Waals surface area (Å²) in [6, 6.07) is 15.4. The van der Waals surface area contributed by atoms with Gasteiger partial charge < -0.3 is 0 Å². The number of halogens is 1. The lowest BCUT2D eigenvalue weighted by Crippen LogP contribution is -2.11. The van der Waals surface area contributed by atoms with Crippen molar-refractivity contribution in [3.8, 4) is 0 Å². The van der Waals surface area contributed by atoms with Crippen LogP contribution in [0.2, 0.25) is 0 Å². The predicted octanol–water partition coefficient (Wildman–Crippen LogP) is 3.99. The quantitative estimate of drug-likeness (QED) is 0.719. The first kappa shape index (κ1) is 11.5. The largest absolute Gasteiger partial charge is 0.295 e. The Morgan fingerprint density at radius 1 is 0.944 bits per heavy atom. The predicted molar refractivity (Wildman–Crippen MR) is 76.6 cm³/mol. The van der Waals surface area contributed by atoms with E-state index >= 15 is 0 Å². The molecule has 0 aliphatic carbocycles. The molecule has 1 atom stereocenters. The van der Waals surface area contributed by atoms with Crippen LogP contribution in [0.25, 0.3) is 0 Å². The van der Waals surface area contributed by atoms with Crippen molar-refractivity contribution in [2.24, 2.45) is 10.2 Å². The molecule has 0 bridgehead atoms. The van der Waals surface area contributed by atoms with Gasteiger partial charge >= 0.3 is 0 Å². The van der Waals surface area contributed by atoms with Gasteiger partial charge in [-0.05, 0) is 45.9 Å². The molecule has 18 heavy (non-hydrogen) atoms. The Morgan fingerprint density at radius 3 is 2.39 bits per heavy atom. The van der Waals surface area contributed by atoms with E-state index in [1.807, 2.05) is 42.5 Å². The Morgan fingerprint density at radius 2 is 1.61 bits per heavy atom. The van der Waals surface area contributed by atoms with Gasteiger partial charge in [-0.15, -0.1) is 5.11 Å². The molecule has 0 spiro atoms. The van der Waals surface area contributed by atoms with E-state index < -0.39 is 0 Å². The van der Waals surface area contributed by atoms with E-state index in [0.717, 1.165) is 14.7 Å². The highest BCUT2D eigenvalue weighted by Gasteiger charge is 2.25. The minimum atomic E-state index is -0.257. The van der Waals surface area contributed by atoms with Crippen LogP contribution in [0, 0.1) is 3.57 Å². The number of carbonyl (C=O) groups excluding carboxylic acids is 1. The summed E-state index contributed by atoms with van der Waals surface area (Å²) in [6.45, 7) is 0. The number of rotatable bonds is 1. The maximum absolute atomic E-state index is 11.7. The smallest absolute Gasteiger partial charge is 0.265 e. The Labute approximate surface area is 118 Å². The molecule has 1 aliphatic rings. The number of amides is 1. The first-order valence-corrected chi connectivity index (χ1v) is 6.64. The summed E-state index contributed by atoms with van der Waals surface area (Å²) >= 11 is 2.28. The van der Waals surface area contributed by atoms with E-state index in [2.05, 4.69) is 32.8 Å². The summed E-state index contributed by atoms with van der Waals surface area (Å²) in [5, 5.41) is 7.91. The summed E-state index contributed by atoms with van der Waals surface area (Å²) in [4.78, 5) is 11.7. The Kier molecular flexibility index (Phi) is 2.95. The number of hydrogen-bond acceptors (Lipinski definition) is 2. The second-order valence-corrected chi connectivity index (χ2v) is 5.19. The fourth-order valence-corrected chi connectivity index (χ4v) is 2.77.